The molecule has 0 aliphatic carbocycles. The van der Waals surface area contributed by atoms with E-state index in [1.807, 2.05) is 65.0 Å². The largest absolute Gasteiger partial charge is 0.343 e. The average Bonchev–Trinajstić information content (AvgIpc) is 3.57. The van der Waals surface area contributed by atoms with Gasteiger partial charge in [0.1, 0.15) is 5.69 Å². The molecule has 180 valence electrons. The molecule has 1 N–H and O–H groups in total. The second-order valence-corrected chi connectivity index (χ2v) is 10.1. The number of likely N-dealkylation sites (tertiary alicyclic amines) is 1. The van der Waals surface area contributed by atoms with Crippen LogP contribution in [0.5, 0.6) is 0 Å². The van der Waals surface area contributed by atoms with Crippen LogP contribution in [0, 0.1) is 0 Å². The Bertz CT molecular complexity index is 1470. The Balaban J connectivity index is 1.04. The molecule has 0 spiro atoms. The molecule has 2 aliphatic heterocycles. The van der Waals surface area contributed by atoms with Crippen LogP contribution in [-0.2, 0) is 4.79 Å². The van der Waals surface area contributed by atoms with Gasteiger partial charge in [-0.3, -0.25) is 19.6 Å². The van der Waals surface area contributed by atoms with Gasteiger partial charge in [0, 0.05) is 60.2 Å². The van der Waals surface area contributed by atoms with Gasteiger partial charge in [-0.15, -0.1) is 11.3 Å². The summed E-state index contributed by atoms with van der Waals surface area (Å²) in [5.41, 5.74) is 4.14. The fourth-order valence-corrected chi connectivity index (χ4v) is 5.92. The maximum absolute atomic E-state index is 13.0. The van der Waals surface area contributed by atoms with Crippen LogP contribution >= 0.6 is 11.3 Å². The van der Waals surface area contributed by atoms with Crippen molar-refractivity contribution in [1.82, 2.24) is 14.9 Å². The lowest BCUT2D eigenvalue weighted by atomic mass is 9.94. The Hall–Kier alpha value is -3.91. The zero-order valence-electron chi connectivity index (χ0n) is 19.6. The van der Waals surface area contributed by atoms with E-state index in [4.69, 9.17) is 0 Å². The number of nitrogens with zero attached hydrogens (tertiary/aromatic N) is 4. The quantitative estimate of drug-likeness (QED) is 0.394. The Morgan fingerprint density at radius 1 is 1.06 bits per heavy atom. The van der Waals surface area contributed by atoms with Crippen molar-refractivity contribution in [3.05, 3.63) is 82.4 Å². The van der Waals surface area contributed by atoms with Crippen LogP contribution in [0.15, 0.2) is 71.2 Å². The lowest BCUT2D eigenvalue weighted by molar-refractivity contribution is -0.132. The molecule has 8 heteroatoms. The Labute approximate surface area is 212 Å². The molecule has 4 aromatic rings. The van der Waals surface area contributed by atoms with Gasteiger partial charge in [-0.05, 0) is 48.7 Å². The first-order valence-corrected chi connectivity index (χ1v) is 13.0. The lowest BCUT2D eigenvalue weighted by Gasteiger charge is -2.31. The molecule has 0 radical (unpaired) electrons. The van der Waals surface area contributed by atoms with Crippen molar-refractivity contribution in [2.45, 2.75) is 31.1 Å². The number of thiazole rings is 1. The number of nitrogens with one attached hydrogen (secondary N) is 1. The van der Waals surface area contributed by atoms with Gasteiger partial charge in [-0.25, -0.2) is 4.98 Å². The fraction of sp³-hybridized carbons (Fsp3) is 0.250. The molecule has 1 atom stereocenters. The third-order valence-electron chi connectivity index (χ3n) is 6.94. The average molecular weight is 496 g/mol. The number of benzene rings is 2. The maximum Gasteiger partial charge on any atom is 0.275 e. The highest BCUT2D eigenvalue weighted by atomic mass is 32.1. The summed E-state index contributed by atoms with van der Waals surface area (Å²) in [7, 11) is 0. The first-order valence-electron chi connectivity index (χ1n) is 12.2. The van der Waals surface area contributed by atoms with Crippen molar-refractivity contribution in [3.63, 3.8) is 0 Å². The van der Waals surface area contributed by atoms with Crippen LogP contribution < -0.4 is 5.32 Å². The van der Waals surface area contributed by atoms with Gasteiger partial charge in [0.25, 0.3) is 5.91 Å². The Kier molecular flexibility index (Phi) is 6.03. The predicted octanol–water partition coefficient (Wildman–Crippen LogP) is 5.54. The summed E-state index contributed by atoms with van der Waals surface area (Å²) in [6, 6.07) is 17.5. The number of rotatable bonds is 5. The number of pyridine rings is 1. The van der Waals surface area contributed by atoms with E-state index < -0.39 is 0 Å². The van der Waals surface area contributed by atoms with Gasteiger partial charge in [-0.2, -0.15) is 0 Å². The maximum atomic E-state index is 13.0. The van der Waals surface area contributed by atoms with Crippen LogP contribution in [0.25, 0.3) is 10.9 Å². The van der Waals surface area contributed by atoms with E-state index in [1.165, 1.54) is 11.3 Å². The van der Waals surface area contributed by atoms with Crippen LogP contribution in [0.1, 0.15) is 52.2 Å². The van der Waals surface area contributed by atoms with Crippen LogP contribution in [-0.4, -0.2) is 46.0 Å². The molecule has 2 aliphatic rings. The van der Waals surface area contributed by atoms with Crippen molar-refractivity contribution in [3.8, 4) is 0 Å². The first-order chi connectivity index (χ1) is 17.6. The number of piperidine rings is 1. The van der Waals surface area contributed by atoms with E-state index in [-0.39, 0.29) is 23.7 Å². The monoisotopic (exact) mass is 495 g/mol. The molecular formula is C28H25N5O2S. The van der Waals surface area contributed by atoms with Gasteiger partial charge in [0.2, 0.25) is 5.91 Å². The minimum absolute atomic E-state index is 0.0605. The number of hydrogen-bond donors (Lipinski definition) is 1. The molecule has 7 nitrogen and oxygen atoms in total. The molecule has 4 heterocycles. The number of carbonyl (C=O) groups excluding carboxylic acids is 2. The number of para-hydroxylation sites is 1. The van der Waals surface area contributed by atoms with Crippen molar-refractivity contribution >= 4 is 51.6 Å². The molecule has 2 amide bonds. The molecular weight excluding hydrogens is 470 g/mol. The topological polar surface area (TPSA) is 87.5 Å². The van der Waals surface area contributed by atoms with E-state index in [0.29, 0.717) is 25.2 Å². The van der Waals surface area contributed by atoms with E-state index in [2.05, 4.69) is 26.3 Å². The van der Waals surface area contributed by atoms with Crippen LogP contribution in [0.2, 0.25) is 0 Å². The number of hydrogen-bond acceptors (Lipinski definition) is 6. The minimum Gasteiger partial charge on any atom is -0.343 e. The van der Waals surface area contributed by atoms with Gasteiger partial charge in [0.15, 0.2) is 0 Å². The van der Waals surface area contributed by atoms with Crippen molar-refractivity contribution in [1.29, 1.82) is 0 Å². The van der Waals surface area contributed by atoms with E-state index >= 15 is 0 Å². The summed E-state index contributed by atoms with van der Waals surface area (Å²) < 4.78 is 0. The number of aliphatic imine (C=N–C) groups is 1. The number of carbonyl (C=O) groups is 2. The third-order valence-corrected chi connectivity index (χ3v) is 7.94. The molecule has 2 aromatic carbocycles. The van der Waals surface area contributed by atoms with Gasteiger partial charge in [-0.1, -0.05) is 24.3 Å². The minimum atomic E-state index is -0.216. The first kappa shape index (κ1) is 22.5. The normalized spacial score (nSPS) is 17.3. The number of fused-ring (bicyclic) bond motifs is 2. The number of aromatic nitrogens is 2. The standard InChI is InChI=1S/C28H25N5O2S/c34-26(15-20-16-30-24-6-2-1-5-22(20)24)33-12-9-18(10-13-33)28-32-25(17-36-28)27(35)31-21-7-8-23-19(14-21)4-3-11-29-23/h1-8,11,14,16-18,20H,9-10,12-13,15H2,(H,31,35). The zero-order valence-corrected chi connectivity index (χ0v) is 20.4. The second-order valence-electron chi connectivity index (χ2n) is 9.24. The van der Waals surface area contributed by atoms with Gasteiger partial charge < -0.3 is 10.2 Å². The highest BCUT2D eigenvalue weighted by Crippen LogP contribution is 2.35. The summed E-state index contributed by atoms with van der Waals surface area (Å²) in [6.07, 6.45) is 5.81. The fourth-order valence-electron chi connectivity index (χ4n) is 4.95. The number of anilines is 1. The molecule has 0 bridgehead atoms. The van der Waals surface area contributed by atoms with Gasteiger partial charge >= 0.3 is 0 Å². The van der Waals surface area contributed by atoms with E-state index in [1.54, 1.807) is 6.20 Å². The van der Waals surface area contributed by atoms with E-state index in [9.17, 15) is 9.59 Å². The Morgan fingerprint density at radius 2 is 1.92 bits per heavy atom. The highest BCUT2D eigenvalue weighted by molar-refractivity contribution is 7.10. The summed E-state index contributed by atoms with van der Waals surface area (Å²) in [5.74, 6) is 0.282. The van der Waals surface area contributed by atoms with Gasteiger partial charge in [0.05, 0.1) is 16.2 Å². The zero-order chi connectivity index (χ0) is 24.5. The molecule has 1 fully saturated rings. The van der Waals surface area contributed by atoms with Crippen LogP contribution in [0.3, 0.4) is 0 Å². The lowest BCUT2D eigenvalue weighted by Crippen LogP contribution is -2.38. The Morgan fingerprint density at radius 3 is 2.81 bits per heavy atom. The highest BCUT2D eigenvalue weighted by Gasteiger charge is 2.29. The summed E-state index contributed by atoms with van der Waals surface area (Å²) >= 11 is 1.52. The second kappa shape index (κ2) is 9.62. The molecule has 1 unspecified atom stereocenters. The number of amides is 2. The summed E-state index contributed by atoms with van der Waals surface area (Å²) in [6.45, 7) is 1.42. The van der Waals surface area contributed by atoms with Crippen LogP contribution in [0.4, 0.5) is 11.4 Å². The SMILES string of the molecule is O=C(Nc1ccc2ncccc2c1)c1csc(C2CCN(C(=O)CC3C=Nc4ccccc43)CC2)n1. The molecule has 0 saturated carbocycles. The molecule has 2 aromatic heterocycles. The smallest absolute Gasteiger partial charge is 0.275 e. The van der Waals surface area contributed by atoms with Crippen molar-refractivity contribution in [2.24, 2.45) is 4.99 Å². The molecule has 36 heavy (non-hydrogen) atoms. The molecule has 1 saturated heterocycles. The van der Waals surface area contributed by atoms with Crippen molar-refractivity contribution in [2.75, 3.05) is 18.4 Å². The third kappa shape index (κ3) is 4.52. The van der Waals surface area contributed by atoms with Crippen molar-refractivity contribution < 1.29 is 9.59 Å². The summed E-state index contributed by atoms with van der Waals surface area (Å²) in [5, 5.41) is 6.70. The predicted molar refractivity (Wildman–Crippen MR) is 142 cm³/mol. The molecule has 6 rings (SSSR count). The van der Waals surface area contributed by atoms with E-state index in [0.717, 1.165) is 45.7 Å². The summed E-state index contributed by atoms with van der Waals surface area (Å²) in [4.78, 5) is 41.1.